The van der Waals surface area contributed by atoms with Gasteiger partial charge < -0.3 is 15.8 Å². The van der Waals surface area contributed by atoms with E-state index in [0.29, 0.717) is 5.69 Å². The summed E-state index contributed by atoms with van der Waals surface area (Å²) in [6.45, 7) is 3.13. The van der Waals surface area contributed by atoms with Crippen LogP contribution in [0, 0.1) is 6.92 Å². The van der Waals surface area contributed by atoms with Crippen molar-refractivity contribution in [3.05, 3.63) is 29.3 Å². The molecule has 20 heavy (non-hydrogen) atoms. The second kappa shape index (κ2) is 6.55. The number of rotatable bonds is 3. The third kappa shape index (κ3) is 3.98. The van der Waals surface area contributed by atoms with Gasteiger partial charge in [-0.15, -0.1) is 0 Å². The van der Waals surface area contributed by atoms with Crippen LogP contribution < -0.4 is 16.4 Å². The molecule has 0 bridgehead atoms. The van der Waals surface area contributed by atoms with E-state index in [4.69, 9.17) is 10.5 Å². The van der Waals surface area contributed by atoms with Crippen LogP contribution in [-0.4, -0.2) is 31.1 Å². The first-order valence-corrected chi connectivity index (χ1v) is 5.94. The molecule has 1 aromatic rings. The lowest BCUT2D eigenvalue weighted by atomic mass is 10.1. The molecule has 0 aliphatic heterocycles. The average molecular weight is 279 g/mol. The van der Waals surface area contributed by atoms with Crippen molar-refractivity contribution in [2.75, 3.05) is 12.8 Å². The van der Waals surface area contributed by atoms with E-state index in [9.17, 15) is 14.4 Å². The van der Waals surface area contributed by atoms with Gasteiger partial charge in [0.2, 0.25) is 0 Å². The standard InChI is InChI=1S/C13H17N3O4/c1-7-6-9(4-5-10(7)14)12(18)20-8(2)11(17)16-13(19)15-3/h4-6,8H,14H2,1-3H3,(H2,15,16,17,19). The van der Waals surface area contributed by atoms with Crippen molar-refractivity contribution < 1.29 is 19.1 Å². The van der Waals surface area contributed by atoms with E-state index in [-0.39, 0.29) is 5.56 Å². The minimum atomic E-state index is -1.09. The predicted octanol–water partition coefficient (Wildman–Crippen LogP) is 0.578. The number of aryl methyl sites for hydroxylation is 1. The molecule has 0 fully saturated rings. The predicted molar refractivity (Wildman–Crippen MR) is 73.1 cm³/mol. The summed E-state index contributed by atoms with van der Waals surface area (Å²) in [6.07, 6.45) is -1.09. The summed E-state index contributed by atoms with van der Waals surface area (Å²) in [5, 5.41) is 4.24. The maximum atomic E-state index is 11.8. The van der Waals surface area contributed by atoms with Gasteiger partial charge in [0.25, 0.3) is 5.91 Å². The molecule has 108 valence electrons. The number of anilines is 1. The molecule has 0 aromatic heterocycles. The van der Waals surface area contributed by atoms with Crippen LogP contribution in [0.15, 0.2) is 18.2 Å². The van der Waals surface area contributed by atoms with Crippen molar-refractivity contribution in [2.24, 2.45) is 0 Å². The molecular formula is C13H17N3O4. The number of nitrogens with two attached hydrogens (primary N) is 1. The van der Waals surface area contributed by atoms with E-state index in [1.807, 2.05) is 5.32 Å². The van der Waals surface area contributed by atoms with Gasteiger partial charge in [-0.2, -0.15) is 0 Å². The largest absolute Gasteiger partial charge is 0.449 e. The summed E-state index contributed by atoms with van der Waals surface area (Å²) in [5.41, 5.74) is 7.24. The number of carbonyl (C=O) groups is 3. The number of hydrogen-bond acceptors (Lipinski definition) is 5. The third-order valence-corrected chi connectivity index (χ3v) is 2.62. The Morgan fingerprint density at radius 2 is 1.95 bits per heavy atom. The lowest BCUT2D eigenvalue weighted by molar-refractivity contribution is -0.127. The Labute approximate surface area is 116 Å². The van der Waals surface area contributed by atoms with E-state index in [0.717, 1.165) is 5.56 Å². The minimum absolute atomic E-state index is 0.288. The van der Waals surface area contributed by atoms with Gasteiger partial charge in [0.1, 0.15) is 0 Å². The third-order valence-electron chi connectivity index (χ3n) is 2.62. The molecule has 0 saturated carbocycles. The zero-order valence-electron chi connectivity index (χ0n) is 11.5. The van der Waals surface area contributed by atoms with E-state index < -0.39 is 24.0 Å². The molecule has 0 radical (unpaired) electrons. The van der Waals surface area contributed by atoms with Gasteiger partial charge in [0, 0.05) is 12.7 Å². The Kier molecular flexibility index (Phi) is 5.08. The van der Waals surface area contributed by atoms with Gasteiger partial charge >= 0.3 is 12.0 Å². The highest BCUT2D eigenvalue weighted by atomic mass is 16.5. The monoisotopic (exact) mass is 279 g/mol. The maximum Gasteiger partial charge on any atom is 0.338 e. The first-order chi connectivity index (χ1) is 9.35. The Morgan fingerprint density at radius 1 is 1.30 bits per heavy atom. The fraction of sp³-hybridized carbons (Fsp3) is 0.308. The van der Waals surface area contributed by atoms with Gasteiger partial charge in [0.05, 0.1) is 5.56 Å². The lowest BCUT2D eigenvalue weighted by Crippen LogP contribution is -2.43. The lowest BCUT2D eigenvalue weighted by Gasteiger charge is -2.13. The number of hydrogen-bond donors (Lipinski definition) is 3. The smallest absolute Gasteiger partial charge is 0.338 e. The van der Waals surface area contributed by atoms with Crippen LogP contribution >= 0.6 is 0 Å². The Balaban J connectivity index is 2.67. The highest BCUT2D eigenvalue weighted by Crippen LogP contribution is 2.14. The van der Waals surface area contributed by atoms with Crippen molar-refractivity contribution in [1.82, 2.24) is 10.6 Å². The maximum absolute atomic E-state index is 11.8. The van der Waals surface area contributed by atoms with E-state index >= 15 is 0 Å². The molecule has 0 heterocycles. The highest BCUT2D eigenvalue weighted by Gasteiger charge is 2.20. The SMILES string of the molecule is CNC(=O)NC(=O)C(C)OC(=O)c1ccc(N)c(C)c1. The Bertz CT molecular complexity index is 542. The highest BCUT2D eigenvalue weighted by molar-refractivity contribution is 5.98. The first-order valence-electron chi connectivity index (χ1n) is 5.94. The molecule has 0 saturated heterocycles. The Morgan fingerprint density at radius 3 is 2.50 bits per heavy atom. The molecule has 4 N–H and O–H groups in total. The molecule has 0 aliphatic carbocycles. The van der Waals surface area contributed by atoms with Gasteiger partial charge in [-0.05, 0) is 37.6 Å². The van der Waals surface area contributed by atoms with Gasteiger partial charge in [0.15, 0.2) is 6.10 Å². The van der Waals surface area contributed by atoms with Crippen LogP contribution in [0.1, 0.15) is 22.8 Å². The second-order valence-electron chi connectivity index (χ2n) is 4.19. The summed E-state index contributed by atoms with van der Waals surface area (Å²) in [7, 11) is 1.37. The topological polar surface area (TPSA) is 111 Å². The summed E-state index contributed by atoms with van der Waals surface area (Å²) in [5.74, 6) is -1.36. The van der Waals surface area contributed by atoms with Crippen molar-refractivity contribution in [1.29, 1.82) is 0 Å². The molecule has 1 aromatic carbocycles. The number of imide groups is 1. The minimum Gasteiger partial charge on any atom is -0.449 e. The van der Waals surface area contributed by atoms with E-state index in [1.54, 1.807) is 19.1 Å². The van der Waals surface area contributed by atoms with Crippen LogP contribution in [-0.2, 0) is 9.53 Å². The van der Waals surface area contributed by atoms with Gasteiger partial charge in [-0.3, -0.25) is 10.1 Å². The zero-order valence-corrected chi connectivity index (χ0v) is 11.5. The van der Waals surface area contributed by atoms with Crippen molar-refractivity contribution in [2.45, 2.75) is 20.0 Å². The molecule has 0 aliphatic rings. The molecular weight excluding hydrogens is 262 g/mol. The van der Waals surface area contributed by atoms with Crippen LogP contribution in [0.3, 0.4) is 0 Å². The van der Waals surface area contributed by atoms with Crippen LogP contribution in [0.4, 0.5) is 10.5 Å². The van der Waals surface area contributed by atoms with Crippen molar-refractivity contribution in [3.63, 3.8) is 0 Å². The number of urea groups is 1. The summed E-state index contributed by atoms with van der Waals surface area (Å²) < 4.78 is 4.97. The number of carbonyl (C=O) groups excluding carboxylic acids is 3. The number of ether oxygens (including phenoxy) is 1. The van der Waals surface area contributed by atoms with E-state index in [1.165, 1.54) is 20.0 Å². The molecule has 3 amide bonds. The molecule has 1 unspecified atom stereocenters. The summed E-state index contributed by atoms with van der Waals surface area (Å²) in [6, 6.07) is 4.00. The van der Waals surface area contributed by atoms with Crippen molar-refractivity contribution >= 4 is 23.6 Å². The molecule has 7 nitrogen and oxygen atoms in total. The zero-order chi connectivity index (χ0) is 15.3. The summed E-state index contributed by atoms with van der Waals surface area (Å²) in [4.78, 5) is 34.3. The fourth-order valence-corrected chi connectivity index (χ4v) is 1.36. The number of esters is 1. The number of amides is 3. The number of benzene rings is 1. The molecule has 1 atom stereocenters. The van der Waals surface area contributed by atoms with Crippen LogP contribution in [0.5, 0.6) is 0 Å². The fourth-order valence-electron chi connectivity index (χ4n) is 1.36. The van der Waals surface area contributed by atoms with Gasteiger partial charge in [-0.1, -0.05) is 0 Å². The quantitative estimate of drug-likeness (QED) is 0.553. The van der Waals surface area contributed by atoms with Crippen molar-refractivity contribution in [3.8, 4) is 0 Å². The molecule has 1 rings (SSSR count). The normalized spacial score (nSPS) is 11.3. The second-order valence-corrected chi connectivity index (χ2v) is 4.19. The average Bonchev–Trinajstić information content (AvgIpc) is 2.41. The van der Waals surface area contributed by atoms with Crippen LogP contribution in [0.2, 0.25) is 0 Å². The van der Waals surface area contributed by atoms with Gasteiger partial charge in [-0.25, -0.2) is 9.59 Å². The summed E-state index contributed by atoms with van der Waals surface area (Å²) >= 11 is 0. The van der Waals surface area contributed by atoms with E-state index in [2.05, 4.69) is 5.32 Å². The first kappa shape index (κ1) is 15.5. The molecule has 7 heteroatoms. The number of nitrogens with one attached hydrogen (secondary N) is 2. The van der Waals surface area contributed by atoms with Crippen LogP contribution in [0.25, 0.3) is 0 Å². The number of nitrogen functional groups attached to an aromatic ring is 1. The molecule has 0 spiro atoms. The Hall–Kier alpha value is -2.57.